The Labute approximate surface area is 147 Å². The maximum atomic E-state index is 13.5. The van der Waals surface area contributed by atoms with Crippen LogP contribution in [0.25, 0.3) is 0 Å². The van der Waals surface area contributed by atoms with E-state index < -0.39 is 41.5 Å². The Kier molecular flexibility index (Phi) is 6.06. The molecule has 0 aliphatic carbocycles. The Bertz CT molecular complexity index is 684. The van der Waals surface area contributed by atoms with Gasteiger partial charge in [-0.2, -0.15) is 48.3 Å². The van der Waals surface area contributed by atoms with Crippen molar-refractivity contribution in [1.29, 1.82) is 0 Å². The SMILES string of the molecule is NC(=O)c1ccc(SCC(F)(F)C(F)(F)C(F)(F)C(F)(F)C(F)(F)F)cc1. The molecule has 27 heavy (non-hydrogen) atoms. The summed E-state index contributed by atoms with van der Waals surface area (Å²) in [6.45, 7) is 0. The molecule has 0 spiro atoms. The molecule has 0 unspecified atom stereocenters. The number of primary amides is 1. The molecule has 0 bridgehead atoms. The van der Waals surface area contributed by atoms with Crippen molar-refractivity contribution < 1.29 is 53.1 Å². The van der Waals surface area contributed by atoms with Crippen molar-refractivity contribution in [2.75, 3.05) is 5.75 Å². The lowest BCUT2D eigenvalue weighted by atomic mass is 9.99. The Hall–Kier alpha value is -1.73. The molecule has 154 valence electrons. The summed E-state index contributed by atoms with van der Waals surface area (Å²) in [5.41, 5.74) is 4.76. The average Bonchev–Trinajstić information content (AvgIpc) is 2.51. The number of carbonyl (C=O) groups is 1. The second kappa shape index (κ2) is 7.02. The minimum atomic E-state index is -7.42. The predicted octanol–water partition coefficient (Wildman–Crippen LogP) is 4.98. The van der Waals surface area contributed by atoms with Crippen LogP contribution in [0.3, 0.4) is 0 Å². The van der Waals surface area contributed by atoms with E-state index in [1.54, 1.807) is 0 Å². The summed E-state index contributed by atoms with van der Waals surface area (Å²) in [4.78, 5) is 10.5. The van der Waals surface area contributed by atoms with Crippen molar-refractivity contribution in [3.63, 3.8) is 0 Å². The standard InChI is InChI=1S/C13H8F11NOS/c14-9(15,5-27-7-3-1-6(2-4-7)8(25)26)10(16,17)11(18,19)12(20,21)13(22,23)24/h1-4H,5H2,(H2,25,26). The molecule has 0 heterocycles. The number of amides is 1. The minimum absolute atomic E-state index is 0.118. The zero-order chi connectivity index (χ0) is 21.5. The zero-order valence-electron chi connectivity index (χ0n) is 12.6. The lowest BCUT2D eigenvalue weighted by Crippen LogP contribution is -2.66. The van der Waals surface area contributed by atoms with Crippen molar-refractivity contribution in [3.05, 3.63) is 29.8 Å². The van der Waals surface area contributed by atoms with E-state index in [1.165, 1.54) is 0 Å². The van der Waals surface area contributed by atoms with Crippen molar-refractivity contribution in [2.45, 2.75) is 34.8 Å². The number of benzene rings is 1. The third-order valence-corrected chi connectivity index (χ3v) is 4.28. The number of hydrogen-bond donors (Lipinski definition) is 1. The third-order valence-electron chi connectivity index (χ3n) is 3.16. The van der Waals surface area contributed by atoms with Gasteiger partial charge in [-0.1, -0.05) is 0 Å². The fraction of sp³-hybridized carbons (Fsp3) is 0.462. The first kappa shape index (κ1) is 23.3. The fourth-order valence-electron chi connectivity index (χ4n) is 1.58. The first-order valence-electron chi connectivity index (χ1n) is 6.49. The average molecular weight is 435 g/mol. The first-order chi connectivity index (χ1) is 11.9. The van der Waals surface area contributed by atoms with Crippen LogP contribution in [0.4, 0.5) is 48.3 Å². The van der Waals surface area contributed by atoms with E-state index in [4.69, 9.17) is 5.73 Å². The van der Waals surface area contributed by atoms with Gasteiger partial charge in [0.2, 0.25) is 5.91 Å². The number of rotatable bonds is 7. The molecular weight excluding hydrogens is 427 g/mol. The molecule has 0 saturated heterocycles. The van der Waals surface area contributed by atoms with E-state index in [1.807, 2.05) is 0 Å². The summed E-state index contributed by atoms with van der Waals surface area (Å²) < 4.78 is 141. The van der Waals surface area contributed by atoms with Gasteiger partial charge in [0.25, 0.3) is 0 Å². The largest absolute Gasteiger partial charge is 0.460 e. The molecule has 1 aromatic carbocycles. The van der Waals surface area contributed by atoms with Gasteiger partial charge in [-0.15, -0.1) is 11.8 Å². The second-order valence-electron chi connectivity index (χ2n) is 5.10. The number of hydrogen-bond acceptors (Lipinski definition) is 2. The van der Waals surface area contributed by atoms with E-state index in [0.29, 0.717) is 0 Å². The van der Waals surface area contributed by atoms with E-state index in [9.17, 15) is 53.1 Å². The Morgan fingerprint density at radius 1 is 0.778 bits per heavy atom. The highest BCUT2D eigenvalue weighted by Crippen LogP contribution is 2.57. The number of nitrogens with two attached hydrogens (primary N) is 1. The van der Waals surface area contributed by atoms with Gasteiger partial charge in [0.1, 0.15) is 0 Å². The van der Waals surface area contributed by atoms with Gasteiger partial charge in [0.15, 0.2) is 0 Å². The normalized spacial score (nSPS) is 14.3. The summed E-state index contributed by atoms with van der Waals surface area (Å²) in [5, 5.41) is 0. The smallest absolute Gasteiger partial charge is 0.366 e. The van der Waals surface area contributed by atoms with Crippen molar-refractivity contribution in [3.8, 4) is 0 Å². The molecular formula is C13H8F11NOS. The summed E-state index contributed by atoms with van der Waals surface area (Å²) in [7, 11) is 0. The Morgan fingerprint density at radius 3 is 1.59 bits per heavy atom. The minimum Gasteiger partial charge on any atom is -0.366 e. The maximum Gasteiger partial charge on any atom is 0.460 e. The van der Waals surface area contributed by atoms with Crippen LogP contribution in [0.1, 0.15) is 10.4 Å². The number of thioether (sulfide) groups is 1. The van der Waals surface area contributed by atoms with E-state index in [-0.39, 0.29) is 22.2 Å². The molecule has 0 radical (unpaired) electrons. The predicted molar refractivity (Wildman–Crippen MR) is 71.5 cm³/mol. The van der Waals surface area contributed by atoms with Gasteiger partial charge in [0.05, 0.1) is 5.75 Å². The van der Waals surface area contributed by atoms with Gasteiger partial charge in [-0.3, -0.25) is 4.79 Å². The molecule has 2 nitrogen and oxygen atoms in total. The van der Waals surface area contributed by atoms with Crippen LogP contribution in [-0.2, 0) is 0 Å². The number of alkyl halides is 11. The van der Waals surface area contributed by atoms with E-state index in [0.717, 1.165) is 24.3 Å². The van der Waals surface area contributed by atoms with Crippen LogP contribution in [0, 0.1) is 0 Å². The summed E-state index contributed by atoms with van der Waals surface area (Å²) in [5.74, 6) is -31.0. The lowest BCUT2D eigenvalue weighted by Gasteiger charge is -2.37. The summed E-state index contributed by atoms with van der Waals surface area (Å²) in [6.07, 6.45) is -7.19. The van der Waals surface area contributed by atoms with Gasteiger partial charge >= 0.3 is 29.9 Å². The Balaban J connectivity index is 3.08. The van der Waals surface area contributed by atoms with E-state index >= 15 is 0 Å². The molecule has 2 N–H and O–H groups in total. The van der Waals surface area contributed by atoms with Crippen LogP contribution < -0.4 is 5.73 Å². The molecule has 0 aliphatic rings. The highest BCUT2D eigenvalue weighted by molar-refractivity contribution is 7.99. The van der Waals surface area contributed by atoms with Crippen LogP contribution in [0.15, 0.2) is 29.2 Å². The summed E-state index contributed by atoms with van der Waals surface area (Å²) in [6, 6.07) is 3.74. The number of halogens is 11. The monoisotopic (exact) mass is 435 g/mol. The maximum absolute atomic E-state index is 13.5. The highest BCUT2D eigenvalue weighted by Gasteiger charge is 2.86. The topological polar surface area (TPSA) is 43.1 Å². The molecule has 0 saturated carbocycles. The van der Waals surface area contributed by atoms with Crippen molar-refractivity contribution >= 4 is 17.7 Å². The summed E-state index contributed by atoms with van der Waals surface area (Å²) >= 11 is -0.233. The van der Waals surface area contributed by atoms with Gasteiger partial charge in [-0.05, 0) is 24.3 Å². The van der Waals surface area contributed by atoms with E-state index in [2.05, 4.69) is 0 Å². The highest BCUT2D eigenvalue weighted by atomic mass is 32.2. The second-order valence-corrected chi connectivity index (χ2v) is 6.15. The number of carbonyl (C=O) groups excluding carboxylic acids is 1. The van der Waals surface area contributed by atoms with Crippen molar-refractivity contribution in [1.82, 2.24) is 0 Å². The van der Waals surface area contributed by atoms with Crippen LogP contribution in [0.5, 0.6) is 0 Å². The lowest BCUT2D eigenvalue weighted by molar-refractivity contribution is -0.419. The van der Waals surface area contributed by atoms with Gasteiger partial charge in [0, 0.05) is 10.5 Å². The molecule has 1 rings (SSSR count). The molecule has 1 aromatic rings. The molecule has 0 aliphatic heterocycles. The molecule has 14 heteroatoms. The Morgan fingerprint density at radius 2 is 1.22 bits per heavy atom. The quantitative estimate of drug-likeness (QED) is 0.485. The van der Waals surface area contributed by atoms with Gasteiger partial charge < -0.3 is 5.73 Å². The van der Waals surface area contributed by atoms with Crippen molar-refractivity contribution in [2.24, 2.45) is 5.73 Å². The molecule has 0 fully saturated rings. The fourth-order valence-corrected chi connectivity index (χ4v) is 2.44. The first-order valence-corrected chi connectivity index (χ1v) is 7.47. The zero-order valence-corrected chi connectivity index (χ0v) is 13.4. The van der Waals surface area contributed by atoms with Gasteiger partial charge in [-0.25, -0.2) is 0 Å². The third kappa shape index (κ3) is 4.09. The van der Waals surface area contributed by atoms with Crippen LogP contribution in [0.2, 0.25) is 0 Å². The molecule has 1 amide bonds. The van der Waals surface area contributed by atoms with Crippen LogP contribution >= 0.6 is 11.8 Å². The molecule has 0 aromatic heterocycles. The van der Waals surface area contributed by atoms with Crippen LogP contribution in [-0.4, -0.2) is 41.5 Å². The molecule has 0 atom stereocenters.